The lowest BCUT2D eigenvalue weighted by Crippen LogP contribution is -2.67. The van der Waals surface area contributed by atoms with Gasteiger partial charge in [0.1, 0.15) is 0 Å². The zero-order valence-corrected chi connectivity index (χ0v) is 11.2. The van der Waals surface area contributed by atoms with Crippen LogP contribution in [0.2, 0.25) is 0 Å². The standard InChI is InChI=1S/C14H27NO2/c1-3-11(16)6-9-15-12-10-13(17-4-2)14(12)7-5-8-14/h11-13,15-16H,3-10H2,1-2H3. The lowest BCUT2D eigenvalue weighted by atomic mass is 9.51. The summed E-state index contributed by atoms with van der Waals surface area (Å²) in [5.41, 5.74) is 0.452. The highest BCUT2D eigenvalue weighted by Crippen LogP contribution is 2.57. The number of aliphatic hydroxyl groups is 1. The van der Waals surface area contributed by atoms with Gasteiger partial charge in [-0.1, -0.05) is 13.3 Å². The molecule has 2 aliphatic carbocycles. The molecule has 17 heavy (non-hydrogen) atoms. The average molecular weight is 241 g/mol. The second-order valence-electron chi connectivity index (χ2n) is 5.62. The van der Waals surface area contributed by atoms with Crippen LogP contribution in [0, 0.1) is 5.41 Å². The van der Waals surface area contributed by atoms with E-state index in [0.29, 0.717) is 17.6 Å². The molecule has 0 aromatic heterocycles. The molecule has 1 spiro atoms. The molecule has 2 N–H and O–H groups in total. The second kappa shape index (κ2) is 5.68. The molecule has 3 heteroatoms. The minimum Gasteiger partial charge on any atom is -0.393 e. The van der Waals surface area contributed by atoms with Crippen LogP contribution in [-0.4, -0.2) is 36.5 Å². The quantitative estimate of drug-likeness (QED) is 0.717. The van der Waals surface area contributed by atoms with Crippen LogP contribution in [0.4, 0.5) is 0 Å². The molecule has 0 heterocycles. The molecule has 100 valence electrons. The van der Waals surface area contributed by atoms with Gasteiger partial charge in [-0.25, -0.2) is 0 Å². The maximum Gasteiger partial charge on any atom is 0.0661 e. The first-order chi connectivity index (χ1) is 8.23. The number of rotatable bonds is 7. The van der Waals surface area contributed by atoms with E-state index in [4.69, 9.17) is 4.74 Å². The molecule has 2 saturated carbocycles. The smallest absolute Gasteiger partial charge is 0.0661 e. The number of aliphatic hydroxyl groups excluding tert-OH is 1. The highest BCUT2D eigenvalue weighted by molar-refractivity contribution is 5.12. The van der Waals surface area contributed by atoms with E-state index >= 15 is 0 Å². The van der Waals surface area contributed by atoms with Crippen LogP contribution in [0.3, 0.4) is 0 Å². The third kappa shape index (κ3) is 2.51. The molecule has 3 nitrogen and oxygen atoms in total. The Bertz CT molecular complexity index is 240. The monoisotopic (exact) mass is 241 g/mol. The van der Waals surface area contributed by atoms with Crippen molar-refractivity contribution in [2.75, 3.05) is 13.2 Å². The lowest BCUT2D eigenvalue weighted by Gasteiger charge is -2.61. The first kappa shape index (κ1) is 13.3. The molecule has 0 radical (unpaired) electrons. The molecular weight excluding hydrogens is 214 g/mol. The van der Waals surface area contributed by atoms with Crippen molar-refractivity contribution in [2.45, 2.75) is 70.6 Å². The molecule has 0 aromatic rings. The summed E-state index contributed by atoms with van der Waals surface area (Å²) in [6, 6.07) is 0.636. The maximum atomic E-state index is 9.53. The summed E-state index contributed by atoms with van der Waals surface area (Å²) in [5.74, 6) is 0. The fraction of sp³-hybridized carbons (Fsp3) is 1.00. The SMILES string of the molecule is CCOC1CC(NCCC(O)CC)C12CCC2. The second-order valence-corrected chi connectivity index (χ2v) is 5.62. The highest BCUT2D eigenvalue weighted by Gasteiger charge is 2.58. The van der Waals surface area contributed by atoms with Crippen molar-refractivity contribution in [2.24, 2.45) is 5.41 Å². The van der Waals surface area contributed by atoms with Crippen molar-refractivity contribution < 1.29 is 9.84 Å². The lowest BCUT2D eigenvalue weighted by molar-refractivity contribution is -0.172. The summed E-state index contributed by atoms with van der Waals surface area (Å²) in [6.07, 6.45) is 7.27. The first-order valence-corrected chi connectivity index (χ1v) is 7.26. The molecule has 0 saturated heterocycles. The molecule has 0 aromatic carbocycles. The number of hydrogen-bond acceptors (Lipinski definition) is 3. The Balaban J connectivity index is 1.72. The van der Waals surface area contributed by atoms with Crippen LogP contribution < -0.4 is 5.32 Å². The van der Waals surface area contributed by atoms with Crippen LogP contribution in [-0.2, 0) is 4.74 Å². The van der Waals surface area contributed by atoms with Gasteiger partial charge < -0.3 is 15.2 Å². The Labute approximate surface area is 105 Å². The maximum absolute atomic E-state index is 9.53. The Morgan fingerprint density at radius 1 is 1.41 bits per heavy atom. The zero-order valence-electron chi connectivity index (χ0n) is 11.2. The zero-order chi connectivity index (χ0) is 12.3. The van der Waals surface area contributed by atoms with Gasteiger partial charge in [0.05, 0.1) is 12.2 Å². The van der Waals surface area contributed by atoms with E-state index in [1.807, 2.05) is 6.92 Å². The normalized spacial score (nSPS) is 31.9. The van der Waals surface area contributed by atoms with Gasteiger partial charge in [0.2, 0.25) is 0 Å². The van der Waals surface area contributed by atoms with Crippen LogP contribution in [0.5, 0.6) is 0 Å². The Hall–Kier alpha value is -0.120. The molecule has 0 amide bonds. The minimum atomic E-state index is -0.136. The average Bonchev–Trinajstić information content (AvgIpc) is 2.24. The fourth-order valence-corrected chi connectivity index (χ4v) is 3.35. The van der Waals surface area contributed by atoms with E-state index in [1.54, 1.807) is 0 Å². The van der Waals surface area contributed by atoms with Crippen molar-refractivity contribution in [3.05, 3.63) is 0 Å². The predicted octanol–water partition coefficient (Wildman–Crippen LogP) is 2.08. The van der Waals surface area contributed by atoms with Gasteiger partial charge in [-0.15, -0.1) is 0 Å². The van der Waals surface area contributed by atoms with Gasteiger partial charge in [-0.05, 0) is 45.6 Å². The van der Waals surface area contributed by atoms with Crippen molar-refractivity contribution in [3.8, 4) is 0 Å². The molecular formula is C14H27NO2. The van der Waals surface area contributed by atoms with Crippen molar-refractivity contribution in [1.29, 1.82) is 0 Å². The summed E-state index contributed by atoms with van der Waals surface area (Å²) < 4.78 is 5.83. The van der Waals surface area contributed by atoms with E-state index < -0.39 is 0 Å². The van der Waals surface area contributed by atoms with Gasteiger partial charge >= 0.3 is 0 Å². The van der Waals surface area contributed by atoms with Crippen LogP contribution in [0.25, 0.3) is 0 Å². The van der Waals surface area contributed by atoms with Gasteiger partial charge in [0.15, 0.2) is 0 Å². The molecule has 0 bridgehead atoms. The number of hydrogen-bond donors (Lipinski definition) is 2. The third-order valence-electron chi connectivity index (χ3n) is 4.78. The van der Waals surface area contributed by atoms with E-state index in [2.05, 4.69) is 12.2 Å². The molecule has 3 atom stereocenters. The summed E-state index contributed by atoms with van der Waals surface area (Å²) in [5, 5.41) is 13.2. The number of nitrogens with one attached hydrogen (secondary N) is 1. The largest absolute Gasteiger partial charge is 0.393 e. The molecule has 2 fully saturated rings. The first-order valence-electron chi connectivity index (χ1n) is 7.26. The highest BCUT2D eigenvalue weighted by atomic mass is 16.5. The fourth-order valence-electron chi connectivity index (χ4n) is 3.35. The molecule has 3 unspecified atom stereocenters. The topological polar surface area (TPSA) is 41.5 Å². The Morgan fingerprint density at radius 3 is 2.71 bits per heavy atom. The van der Waals surface area contributed by atoms with E-state index in [9.17, 15) is 5.11 Å². The number of ether oxygens (including phenoxy) is 1. The summed E-state index contributed by atoms with van der Waals surface area (Å²) in [6.45, 7) is 5.91. The third-order valence-corrected chi connectivity index (χ3v) is 4.78. The van der Waals surface area contributed by atoms with Gasteiger partial charge in [-0.2, -0.15) is 0 Å². The van der Waals surface area contributed by atoms with Crippen LogP contribution >= 0.6 is 0 Å². The molecule has 0 aliphatic heterocycles. The Kier molecular flexibility index (Phi) is 4.45. The van der Waals surface area contributed by atoms with Crippen LogP contribution in [0.1, 0.15) is 52.4 Å². The van der Waals surface area contributed by atoms with Crippen molar-refractivity contribution in [1.82, 2.24) is 5.32 Å². The van der Waals surface area contributed by atoms with Gasteiger partial charge in [-0.3, -0.25) is 0 Å². The predicted molar refractivity (Wildman–Crippen MR) is 69.0 cm³/mol. The van der Waals surface area contributed by atoms with Crippen LogP contribution in [0.15, 0.2) is 0 Å². The molecule has 2 rings (SSSR count). The summed E-state index contributed by atoms with van der Waals surface area (Å²) >= 11 is 0. The van der Waals surface area contributed by atoms with Gasteiger partial charge in [0.25, 0.3) is 0 Å². The summed E-state index contributed by atoms with van der Waals surface area (Å²) in [7, 11) is 0. The Morgan fingerprint density at radius 2 is 2.18 bits per heavy atom. The van der Waals surface area contributed by atoms with Gasteiger partial charge in [0, 0.05) is 18.1 Å². The van der Waals surface area contributed by atoms with E-state index in [1.165, 1.54) is 19.3 Å². The van der Waals surface area contributed by atoms with Crippen molar-refractivity contribution in [3.63, 3.8) is 0 Å². The van der Waals surface area contributed by atoms with E-state index in [-0.39, 0.29) is 6.10 Å². The summed E-state index contributed by atoms with van der Waals surface area (Å²) in [4.78, 5) is 0. The minimum absolute atomic E-state index is 0.136. The van der Waals surface area contributed by atoms with Crippen molar-refractivity contribution >= 4 is 0 Å². The van der Waals surface area contributed by atoms with E-state index in [0.717, 1.165) is 32.4 Å². The molecule has 2 aliphatic rings.